The average molecular weight is 328 g/mol. The van der Waals surface area contributed by atoms with E-state index in [4.69, 9.17) is 10.5 Å². The van der Waals surface area contributed by atoms with Gasteiger partial charge in [-0.25, -0.2) is 0 Å². The largest absolute Gasteiger partial charge is 0.420 e. The van der Waals surface area contributed by atoms with Gasteiger partial charge < -0.3 is 10.5 Å². The van der Waals surface area contributed by atoms with E-state index in [1.807, 2.05) is 61.5 Å². The maximum Gasteiger partial charge on any atom is 0.244 e. The minimum atomic E-state index is -0.315. The first-order valence-electron chi connectivity index (χ1n) is 7.97. The van der Waals surface area contributed by atoms with Gasteiger partial charge in [-0.15, -0.1) is 5.10 Å². The molecule has 2 heterocycles. The van der Waals surface area contributed by atoms with Gasteiger partial charge in [0.1, 0.15) is 11.6 Å². The molecule has 1 aromatic heterocycles. The van der Waals surface area contributed by atoms with Gasteiger partial charge >= 0.3 is 0 Å². The van der Waals surface area contributed by atoms with Crippen molar-refractivity contribution in [1.82, 2.24) is 10.2 Å². The van der Waals surface area contributed by atoms with E-state index in [1.165, 1.54) is 5.56 Å². The monoisotopic (exact) mass is 328 g/mol. The SMILES string of the molecule is Cc1ccc(-c2[nH]nc3c2C(c2ccccc2)C(C#N)=C(N)O3)cc1. The molecule has 0 fully saturated rings. The van der Waals surface area contributed by atoms with Crippen molar-refractivity contribution < 1.29 is 4.74 Å². The van der Waals surface area contributed by atoms with Crippen LogP contribution in [0.3, 0.4) is 0 Å². The van der Waals surface area contributed by atoms with Gasteiger partial charge in [-0.05, 0) is 12.5 Å². The second-order valence-corrected chi connectivity index (χ2v) is 6.02. The summed E-state index contributed by atoms with van der Waals surface area (Å²) in [5.41, 5.74) is 11.2. The topological polar surface area (TPSA) is 87.7 Å². The number of aromatic amines is 1. The van der Waals surface area contributed by atoms with E-state index in [2.05, 4.69) is 16.3 Å². The Bertz CT molecular complexity index is 994. The summed E-state index contributed by atoms with van der Waals surface area (Å²) in [5, 5.41) is 17.0. The number of allylic oxidation sites excluding steroid dienone is 1. The van der Waals surface area contributed by atoms with Crippen molar-refractivity contribution in [2.24, 2.45) is 5.73 Å². The molecular formula is C20H16N4O. The molecule has 1 atom stereocenters. The van der Waals surface area contributed by atoms with Crippen LogP contribution in [0.5, 0.6) is 5.88 Å². The summed E-state index contributed by atoms with van der Waals surface area (Å²) >= 11 is 0. The molecule has 3 N–H and O–H groups in total. The third kappa shape index (κ3) is 2.45. The molecule has 1 aliphatic heterocycles. The van der Waals surface area contributed by atoms with Crippen molar-refractivity contribution in [2.45, 2.75) is 12.8 Å². The lowest BCUT2D eigenvalue weighted by atomic mass is 9.83. The second kappa shape index (κ2) is 5.84. The van der Waals surface area contributed by atoms with Crippen LogP contribution < -0.4 is 10.5 Å². The molecule has 1 unspecified atom stereocenters. The van der Waals surface area contributed by atoms with E-state index in [9.17, 15) is 5.26 Å². The van der Waals surface area contributed by atoms with Crippen molar-refractivity contribution in [2.75, 3.05) is 0 Å². The molecule has 0 spiro atoms. The lowest BCUT2D eigenvalue weighted by Gasteiger charge is -2.24. The first kappa shape index (κ1) is 15.0. The second-order valence-electron chi connectivity index (χ2n) is 6.02. The van der Waals surface area contributed by atoms with Crippen molar-refractivity contribution in [1.29, 1.82) is 5.26 Å². The zero-order valence-electron chi connectivity index (χ0n) is 13.7. The smallest absolute Gasteiger partial charge is 0.244 e. The van der Waals surface area contributed by atoms with Gasteiger partial charge in [-0.2, -0.15) is 5.26 Å². The summed E-state index contributed by atoms with van der Waals surface area (Å²) in [5.74, 6) is 0.205. The number of H-pyrrole nitrogens is 1. The Morgan fingerprint density at radius 1 is 1.12 bits per heavy atom. The molecule has 0 saturated heterocycles. The summed E-state index contributed by atoms with van der Waals surface area (Å²) in [4.78, 5) is 0. The third-order valence-corrected chi connectivity index (χ3v) is 4.41. The van der Waals surface area contributed by atoms with Gasteiger partial charge in [0.2, 0.25) is 11.8 Å². The van der Waals surface area contributed by atoms with E-state index >= 15 is 0 Å². The van der Waals surface area contributed by atoms with Crippen LogP contribution in [0.25, 0.3) is 11.3 Å². The molecule has 0 aliphatic carbocycles. The Balaban J connectivity index is 1.94. The van der Waals surface area contributed by atoms with E-state index < -0.39 is 0 Å². The molecule has 0 saturated carbocycles. The lowest BCUT2D eigenvalue weighted by Crippen LogP contribution is -2.20. The minimum absolute atomic E-state index is 0.103. The van der Waals surface area contributed by atoms with Crippen LogP contribution in [0.2, 0.25) is 0 Å². The summed E-state index contributed by atoms with van der Waals surface area (Å²) in [6.45, 7) is 2.04. The van der Waals surface area contributed by atoms with Crippen LogP contribution in [-0.2, 0) is 0 Å². The Morgan fingerprint density at radius 2 is 1.84 bits per heavy atom. The van der Waals surface area contributed by atoms with Crippen LogP contribution in [0.4, 0.5) is 0 Å². The Hall–Kier alpha value is -3.52. The van der Waals surface area contributed by atoms with Crippen molar-refractivity contribution in [3.8, 4) is 23.2 Å². The van der Waals surface area contributed by atoms with Crippen LogP contribution in [0, 0.1) is 18.3 Å². The van der Waals surface area contributed by atoms with Gasteiger partial charge in [-0.3, -0.25) is 5.10 Å². The summed E-state index contributed by atoms with van der Waals surface area (Å²) in [6.07, 6.45) is 0. The fourth-order valence-corrected chi connectivity index (χ4v) is 3.16. The van der Waals surface area contributed by atoms with E-state index in [1.54, 1.807) is 0 Å². The van der Waals surface area contributed by atoms with Crippen LogP contribution >= 0.6 is 0 Å². The molecule has 5 nitrogen and oxygen atoms in total. The predicted molar refractivity (Wildman–Crippen MR) is 94.5 cm³/mol. The van der Waals surface area contributed by atoms with Gasteiger partial charge in [0.15, 0.2) is 0 Å². The van der Waals surface area contributed by atoms with Gasteiger partial charge in [0.05, 0.1) is 17.2 Å². The number of fused-ring (bicyclic) bond motifs is 1. The van der Waals surface area contributed by atoms with Crippen LogP contribution in [0.1, 0.15) is 22.6 Å². The average Bonchev–Trinajstić information content (AvgIpc) is 3.05. The van der Waals surface area contributed by atoms with Crippen LogP contribution in [-0.4, -0.2) is 10.2 Å². The molecule has 0 bridgehead atoms. The summed E-state index contributed by atoms with van der Waals surface area (Å²) in [6, 6.07) is 20.1. The fourth-order valence-electron chi connectivity index (χ4n) is 3.16. The number of nitrogens with one attached hydrogen (secondary N) is 1. The molecule has 4 rings (SSSR count). The highest BCUT2D eigenvalue weighted by atomic mass is 16.5. The maximum absolute atomic E-state index is 9.66. The molecular weight excluding hydrogens is 312 g/mol. The number of hydrogen-bond donors (Lipinski definition) is 2. The fraction of sp³-hybridized carbons (Fsp3) is 0.100. The standard InChI is InChI=1S/C20H16N4O/c1-12-7-9-14(10-8-12)18-17-16(13-5-3-2-4-6-13)15(11-21)19(22)25-20(17)24-23-18/h2-10,16H,22H2,1H3,(H,23,24). The molecule has 0 amide bonds. The molecule has 5 heteroatoms. The zero-order chi connectivity index (χ0) is 17.4. The molecule has 2 aromatic carbocycles. The Morgan fingerprint density at radius 3 is 2.52 bits per heavy atom. The summed E-state index contributed by atoms with van der Waals surface area (Å²) in [7, 11) is 0. The van der Waals surface area contributed by atoms with Gasteiger partial charge in [0, 0.05) is 5.56 Å². The number of rotatable bonds is 2. The third-order valence-electron chi connectivity index (χ3n) is 4.41. The lowest BCUT2D eigenvalue weighted by molar-refractivity contribution is 0.379. The number of benzene rings is 2. The number of nitriles is 1. The molecule has 122 valence electrons. The number of nitrogens with two attached hydrogens (primary N) is 1. The van der Waals surface area contributed by atoms with E-state index in [0.29, 0.717) is 11.5 Å². The molecule has 3 aromatic rings. The van der Waals surface area contributed by atoms with Crippen molar-refractivity contribution >= 4 is 0 Å². The normalized spacial score (nSPS) is 16.1. The van der Waals surface area contributed by atoms with E-state index in [-0.39, 0.29) is 11.8 Å². The van der Waals surface area contributed by atoms with Gasteiger partial charge in [0.25, 0.3) is 0 Å². The highest BCUT2D eigenvalue weighted by Gasteiger charge is 2.35. The minimum Gasteiger partial charge on any atom is -0.420 e. The maximum atomic E-state index is 9.66. The van der Waals surface area contributed by atoms with Crippen LogP contribution in [0.15, 0.2) is 66.1 Å². The van der Waals surface area contributed by atoms with Crippen molar-refractivity contribution in [3.63, 3.8) is 0 Å². The number of hydrogen-bond acceptors (Lipinski definition) is 4. The Labute approximate surface area is 145 Å². The number of aryl methyl sites for hydroxylation is 1. The van der Waals surface area contributed by atoms with E-state index in [0.717, 1.165) is 22.4 Å². The van der Waals surface area contributed by atoms with Gasteiger partial charge in [-0.1, -0.05) is 60.2 Å². The molecule has 0 radical (unpaired) electrons. The zero-order valence-corrected chi connectivity index (χ0v) is 13.7. The Kier molecular flexibility index (Phi) is 3.51. The highest BCUT2D eigenvalue weighted by molar-refractivity contribution is 5.71. The summed E-state index contributed by atoms with van der Waals surface area (Å²) < 4.78 is 5.61. The molecule has 25 heavy (non-hydrogen) atoms. The quantitative estimate of drug-likeness (QED) is 0.752. The van der Waals surface area contributed by atoms with Crippen molar-refractivity contribution in [3.05, 3.63) is 82.7 Å². The number of aromatic nitrogens is 2. The number of nitrogens with zero attached hydrogens (tertiary/aromatic N) is 2. The number of ether oxygens (including phenoxy) is 1. The first-order valence-corrected chi connectivity index (χ1v) is 7.97. The first-order chi connectivity index (χ1) is 12.2. The molecule has 1 aliphatic rings. The highest BCUT2D eigenvalue weighted by Crippen LogP contribution is 2.45. The predicted octanol–water partition coefficient (Wildman–Crippen LogP) is 3.60.